The summed E-state index contributed by atoms with van der Waals surface area (Å²) in [6.07, 6.45) is 4.10. The van der Waals surface area contributed by atoms with E-state index in [4.69, 9.17) is 5.73 Å². The van der Waals surface area contributed by atoms with Gasteiger partial charge in [0.1, 0.15) is 0 Å². The van der Waals surface area contributed by atoms with E-state index in [1.807, 2.05) is 6.92 Å². The van der Waals surface area contributed by atoms with Gasteiger partial charge in [-0.05, 0) is 47.9 Å². The van der Waals surface area contributed by atoms with Crippen molar-refractivity contribution in [1.82, 2.24) is 0 Å². The van der Waals surface area contributed by atoms with E-state index in [1.165, 1.54) is 41.5 Å². The Labute approximate surface area is 115 Å². The summed E-state index contributed by atoms with van der Waals surface area (Å²) in [6.45, 7) is 2.02. The predicted octanol–water partition coefficient (Wildman–Crippen LogP) is 4.64. The Morgan fingerprint density at radius 1 is 1.00 bits per heavy atom. The van der Waals surface area contributed by atoms with E-state index in [0.29, 0.717) is 0 Å². The molecule has 1 unspecified atom stereocenters. The molecular weight excluding hydrogens is 230 g/mol. The van der Waals surface area contributed by atoms with Crippen LogP contribution in [0.25, 0.3) is 11.1 Å². The van der Waals surface area contributed by atoms with Gasteiger partial charge in [-0.25, -0.2) is 0 Å². The third kappa shape index (κ3) is 2.57. The first-order valence-corrected chi connectivity index (χ1v) is 7.20. The molecule has 1 heteroatoms. The van der Waals surface area contributed by atoms with Crippen molar-refractivity contribution in [2.24, 2.45) is 5.73 Å². The van der Waals surface area contributed by atoms with Crippen LogP contribution in [-0.2, 0) is 0 Å². The monoisotopic (exact) mass is 251 g/mol. The molecule has 1 aliphatic rings. The Bertz CT molecular complexity index is 550. The summed E-state index contributed by atoms with van der Waals surface area (Å²) >= 11 is 0. The van der Waals surface area contributed by atoms with Gasteiger partial charge >= 0.3 is 0 Å². The van der Waals surface area contributed by atoms with E-state index in [9.17, 15) is 0 Å². The maximum absolute atomic E-state index is 5.89. The standard InChI is InChI=1S/C18H21N/c1-13(19)14-8-10-16(11-9-14)18-7-3-6-17(12-18)15-4-2-5-15/h3,6-13,15H,2,4-5,19H2,1H3. The summed E-state index contributed by atoms with van der Waals surface area (Å²) in [4.78, 5) is 0. The second kappa shape index (κ2) is 5.18. The predicted molar refractivity (Wildman–Crippen MR) is 81.1 cm³/mol. The lowest BCUT2D eigenvalue weighted by Gasteiger charge is -2.26. The number of benzene rings is 2. The van der Waals surface area contributed by atoms with E-state index >= 15 is 0 Å². The molecule has 2 aromatic rings. The highest BCUT2D eigenvalue weighted by molar-refractivity contribution is 5.64. The number of hydrogen-bond donors (Lipinski definition) is 1. The second-order valence-corrected chi connectivity index (χ2v) is 5.66. The van der Waals surface area contributed by atoms with Crippen LogP contribution in [0.4, 0.5) is 0 Å². The van der Waals surface area contributed by atoms with Crippen LogP contribution in [0.3, 0.4) is 0 Å². The molecule has 1 nitrogen and oxygen atoms in total. The molecule has 0 radical (unpaired) electrons. The highest BCUT2D eigenvalue weighted by Gasteiger charge is 2.19. The van der Waals surface area contributed by atoms with Crippen LogP contribution >= 0.6 is 0 Å². The van der Waals surface area contributed by atoms with Crippen LogP contribution in [0.1, 0.15) is 49.3 Å². The normalized spacial score (nSPS) is 16.9. The van der Waals surface area contributed by atoms with Gasteiger partial charge < -0.3 is 5.73 Å². The zero-order chi connectivity index (χ0) is 13.2. The first-order valence-electron chi connectivity index (χ1n) is 7.20. The van der Waals surface area contributed by atoms with Gasteiger partial charge in [-0.2, -0.15) is 0 Å². The topological polar surface area (TPSA) is 26.0 Å². The lowest BCUT2D eigenvalue weighted by Crippen LogP contribution is -2.08. The van der Waals surface area contributed by atoms with Crippen molar-refractivity contribution in [3.8, 4) is 11.1 Å². The first kappa shape index (κ1) is 12.4. The molecule has 1 atom stereocenters. The summed E-state index contributed by atoms with van der Waals surface area (Å²) in [5.41, 5.74) is 11.2. The molecule has 0 bridgehead atoms. The fraction of sp³-hybridized carbons (Fsp3) is 0.333. The van der Waals surface area contributed by atoms with E-state index in [1.54, 1.807) is 0 Å². The summed E-state index contributed by atoms with van der Waals surface area (Å²) in [5.74, 6) is 0.795. The van der Waals surface area contributed by atoms with E-state index in [-0.39, 0.29) is 6.04 Å². The fourth-order valence-corrected chi connectivity index (χ4v) is 2.69. The minimum atomic E-state index is 0.107. The molecule has 0 spiro atoms. The molecule has 2 aromatic carbocycles. The van der Waals surface area contributed by atoms with Gasteiger partial charge in [0.2, 0.25) is 0 Å². The van der Waals surface area contributed by atoms with E-state index in [0.717, 1.165) is 5.92 Å². The molecule has 19 heavy (non-hydrogen) atoms. The Morgan fingerprint density at radius 2 is 1.74 bits per heavy atom. The summed E-state index contributed by atoms with van der Waals surface area (Å²) in [6, 6.07) is 17.7. The number of hydrogen-bond acceptors (Lipinski definition) is 1. The minimum absolute atomic E-state index is 0.107. The van der Waals surface area contributed by atoms with Crippen molar-refractivity contribution < 1.29 is 0 Å². The highest BCUT2D eigenvalue weighted by Crippen LogP contribution is 2.37. The van der Waals surface area contributed by atoms with E-state index < -0.39 is 0 Å². The van der Waals surface area contributed by atoms with Crippen molar-refractivity contribution in [2.75, 3.05) is 0 Å². The van der Waals surface area contributed by atoms with Crippen molar-refractivity contribution in [1.29, 1.82) is 0 Å². The van der Waals surface area contributed by atoms with Crippen LogP contribution in [0, 0.1) is 0 Å². The van der Waals surface area contributed by atoms with Crippen LogP contribution < -0.4 is 5.73 Å². The Kier molecular flexibility index (Phi) is 3.39. The first-order chi connectivity index (χ1) is 9.24. The molecule has 0 aliphatic heterocycles. The minimum Gasteiger partial charge on any atom is -0.324 e. The molecule has 0 heterocycles. The maximum Gasteiger partial charge on any atom is 0.0266 e. The zero-order valence-corrected chi connectivity index (χ0v) is 11.5. The molecule has 1 saturated carbocycles. The molecule has 0 aromatic heterocycles. The van der Waals surface area contributed by atoms with Crippen LogP contribution in [-0.4, -0.2) is 0 Å². The highest BCUT2D eigenvalue weighted by atomic mass is 14.6. The molecule has 98 valence electrons. The molecule has 1 aliphatic carbocycles. The SMILES string of the molecule is CC(N)c1ccc(-c2cccc(C3CCC3)c2)cc1. The summed E-state index contributed by atoms with van der Waals surface area (Å²) in [7, 11) is 0. The Morgan fingerprint density at radius 3 is 2.32 bits per heavy atom. The van der Waals surface area contributed by atoms with Crippen LogP contribution in [0.2, 0.25) is 0 Å². The van der Waals surface area contributed by atoms with Crippen molar-refractivity contribution in [3.63, 3.8) is 0 Å². The van der Waals surface area contributed by atoms with Crippen molar-refractivity contribution >= 4 is 0 Å². The maximum atomic E-state index is 5.89. The zero-order valence-electron chi connectivity index (χ0n) is 11.5. The number of nitrogens with two attached hydrogens (primary N) is 1. The van der Waals surface area contributed by atoms with Gasteiger partial charge in [0.05, 0.1) is 0 Å². The molecular formula is C18H21N. The average Bonchev–Trinajstić information content (AvgIpc) is 2.37. The lowest BCUT2D eigenvalue weighted by atomic mass is 9.79. The quantitative estimate of drug-likeness (QED) is 0.845. The van der Waals surface area contributed by atoms with Gasteiger partial charge in [-0.15, -0.1) is 0 Å². The second-order valence-electron chi connectivity index (χ2n) is 5.66. The smallest absolute Gasteiger partial charge is 0.0266 e. The summed E-state index contributed by atoms with van der Waals surface area (Å²) < 4.78 is 0. The van der Waals surface area contributed by atoms with Crippen molar-refractivity contribution in [2.45, 2.75) is 38.1 Å². The summed E-state index contributed by atoms with van der Waals surface area (Å²) in [5, 5.41) is 0. The molecule has 0 saturated heterocycles. The van der Waals surface area contributed by atoms with Gasteiger partial charge in [0, 0.05) is 6.04 Å². The third-order valence-electron chi connectivity index (χ3n) is 4.23. The van der Waals surface area contributed by atoms with Crippen LogP contribution in [0.5, 0.6) is 0 Å². The fourth-order valence-electron chi connectivity index (χ4n) is 2.69. The van der Waals surface area contributed by atoms with Gasteiger partial charge in [-0.1, -0.05) is 55.0 Å². The van der Waals surface area contributed by atoms with E-state index in [2.05, 4.69) is 48.5 Å². The Hall–Kier alpha value is -1.60. The van der Waals surface area contributed by atoms with Crippen LogP contribution in [0.15, 0.2) is 48.5 Å². The molecule has 0 amide bonds. The average molecular weight is 251 g/mol. The lowest BCUT2D eigenvalue weighted by molar-refractivity contribution is 0.420. The van der Waals surface area contributed by atoms with Crippen molar-refractivity contribution in [3.05, 3.63) is 59.7 Å². The van der Waals surface area contributed by atoms with Gasteiger partial charge in [0.25, 0.3) is 0 Å². The molecule has 2 N–H and O–H groups in total. The number of rotatable bonds is 3. The van der Waals surface area contributed by atoms with Gasteiger partial charge in [0.15, 0.2) is 0 Å². The Balaban J connectivity index is 1.88. The van der Waals surface area contributed by atoms with Gasteiger partial charge in [-0.3, -0.25) is 0 Å². The molecule has 3 rings (SSSR count). The largest absolute Gasteiger partial charge is 0.324 e. The third-order valence-corrected chi connectivity index (χ3v) is 4.23. The molecule has 1 fully saturated rings.